The van der Waals surface area contributed by atoms with Crippen LogP contribution < -0.4 is 4.74 Å². The number of nitriles is 1. The molecule has 0 unspecified atom stereocenters. The van der Waals surface area contributed by atoms with Crippen molar-refractivity contribution in [2.24, 2.45) is 0 Å². The molecule has 2 aromatic rings. The molecule has 0 saturated carbocycles. The fourth-order valence-electron chi connectivity index (χ4n) is 1.64. The Morgan fingerprint density at radius 1 is 1.30 bits per heavy atom. The van der Waals surface area contributed by atoms with E-state index in [1.54, 1.807) is 30.5 Å². The average molecular weight is 262 g/mol. The molecule has 2 rings (SSSR count). The molecule has 0 aliphatic carbocycles. The number of ether oxygens (including phenoxy) is 1. The molecule has 0 atom stereocenters. The molecule has 0 radical (unpaired) electrons. The van der Waals surface area contributed by atoms with Crippen LogP contribution in [-0.4, -0.2) is 11.3 Å². The van der Waals surface area contributed by atoms with E-state index in [0.29, 0.717) is 28.7 Å². The maximum atomic E-state index is 11.0. The molecule has 20 heavy (non-hydrogen) atoms. The van der Waals surface area contributed by atoms with Gasteiger partial charge in [0.15, 0.2) is 6.29 Å². The second-order valence-electron chi connectivity index (χ2n) is 4.00. The second kappa shape index (κ2) is 6.17. The van der Waals surface area contributed by atoms with E-state index in [9.17, 15) is 4.79 Å². The van der Waals surface area contributed by atoms with Crippen molar-refractivity contribution in [3.63, 3.8) is 0 Å². The van der Waals surface area contributed by atoms with Gasteiger partial charge in [-0.3, -0.25) is 9.78 Å². The maximum Gasteiger partial charge on any atom is 0.153 e. The van der Waals surface area contributed by atoms with Crippen molar-refractivity contribution in [1.29, 1.82) is 5.26 Å². The van der Waals surface area contributed by atoms with Gasteiger partial charge < -0.3 is 4.74 Å². The van der Waals surface area contributed by atoms with Gasteiger partial charge in [-0.05, 0) is 24.3 Å². The van der Waals surface area contributed by atoms with E-state index in [1.165, 1.54) is 6.20 Å². The van der Waals surface area contributed by atoms with Gasteiger partial charge in [-0.15, -0.1) is 6.42 Å². The first kappa shape index (κ1) is 13.3. The molecular formula is C16H10N2O2. The van der Waals surface area contributed by atoms with E-state index in [4.69, 9.17) is 16.4 Å². The maximum absolute atomic E-state index is 11.0. The fraction of sp³-hybridized carbons (Fsp3) is 0.0625. The lowest BCUT2D eigenvalue weighted by molar-refractivity contribution is 0.111. The zero-order valence-corrected chi connectivity index (χ0v) is 10.5. The summed E-state index contributed by atoms with van der Waals surface area (Å²) < 4.78 is 5.58. The van der Waals surface area contributed by atoms with Crippen LogP contribution in [0.3, 0.4) is 0 Å². The van der Waals surface area contributed by atoms with E-state index < -0.39 is 0 Å². The Bertz CT molecular complexity index is 724. The number of nitrogens with zero attached hydrogens (tertiary/aromatic N) is 2. The first-order valence-electron chi connectivity index (χ1n) is 5.79. The van der Waals surface area contributed by atoms with Gasteiger partial charge in [0.25, 0.3) is 0 Å². The number of pyridine rings is 1. The van der Waals surface area contributed by atoms with Gasteiger partial charge in [-0.25, -0.2) is 0 Å². The highest BCUT2D eigenvalue weighted by Gasteiger charge is 2.05. The van der Waals surface area contributed by atoms with Crippen molar-refractivity contribution in [2.75, 3.05) is 0 Å². The van der Waals surface area contributed by atoms with Crippen molar-refractivity contribution in [3.05, 3.63) is 58.9 Å². The summed E-state index contributed by atoms with van der Waals surface area (Å²) in [6, 6.07) is 8.60. The summed E-state index contributed by atoms with van der Waals surface area (Å²) in [6.07, 6.45) is 9.10. The van der Waals surface area contributed by atoms with E-state index in [0.717, 1.165) is 5.56 Å². The van der Waals surface area contributed by atoms with Crippen LogP contribution in [0.5, 0.6) is 5.75 Å². The van der Waals surface area contributed by atoms with Gasteiger partial charge >= 0.3 is 0 Å². The van der Waals surface area contributed by atoms with Crippen molar-refractivity contribution in [2.45, 2.75) is 6.61 Å². The van der Waals surface area contributed by atoms with Gasteiger partial charge in [0.1, 0.15) is 18.4 Å². The monoisotopic (exact) mass is 262 g/mol. The average Bonchev–Trinajstić information content (AvgIpc) is 2.52. The van der Waals surface area contributed by atoms with Gasteiger partial charge in [0, 0.05) is 23.5 Å². The van der Waals surface area contributed by atoms with Crippen molar-refractivity contribution in [1.82, 2.24) is 4.98 Å². The zero-order valence-electron chi connectivity index (χ0n) is 10.5. The van der Waals surface area contributed by atoms with E-state index in [1.807, 2.05) is 6.07 Å². The predicted octanol–water partition coefficient (Wildman–Crippen LogP) is 2.33. The van der Waals surface area contributed by atoms with Crippen molar-refractivity contribution in [3.8, 4) is 24.2 Å². The SMILES string of the molecule is C#Cc1ccc(C=O)c(OCc2cncc(C#N)c2)c1. The van der Waals surface area contributed by atoms with Crippen LogP contribution in [0.25, 0.3) is 0 Å². The number of carbonyl (C=O) groups excluding carboxylic acids is 1. The van der Waals surface area contributed by atoms with E-state index in [-0.39, 0.29) is 6.61 Å². The summed E-state index contributed by atoms with van der Waals surface area (Å²) in [6.45, 7) is 0.206. The molecular weight excluding hydrogens is 252 g/mol. The van der Waals surface area contributed by atoms with Gasteiger partial charge in [-0.2, -0.15) is 5.26 Å². The number of aromatic nitrogens is 1. The smallest absolute Gasteiger partial charge is 0.153 e. The largest absolute Gasteiger partial charge is 0.488 e. The van der Waals surface area contributed by atoms with Crippen LogP contribution in [0.4, 0.5) is 0 Å². The molecule has 0 aliphatic heterocycles. The summed E-state index contributed by atoms with van der Waals surface area (Å²) >= 11 is 0. The molecule has 0 aliphatic rings. The van der Waals surface area contributed by atoms with Gasteiger partial charge in [-0.1, -0.05) is 5.92 Å². The Morgan fingerprint density at radius 3 is 2.85 bits per heavy atom. The highest BCUT2D eigenvalue weighted by Crippen LogP contribution is 2.20. The predicted molar refractivity (Wildman–Crippen MR) is 73.0 cm³/mol. The summed E-state index contributed by atoms with van der Waals surface area (Å²) in [7, 11) is 0. The summed E-state index contributed by atoms with van der Waals surface area (Å²) in [5.74, 6) is 2.90. The molecule has 0 N–H and O–H groups in total. The summed E-state index contributed by atoms with van der Waals surface area (Å²) in [5.41, 5.74) is 2.26. The van der Waals surface area contributed by atoms with Crippen LogP contribution >= 0.6 is 0 Å². The topological polar surface area (TPSA) is 63.0 Å². The summed E-state index contributed by atoms with van der Waals surface area (Å²) in [4.78, 5) is 14.9. The first-order valence-corrected chi connectivity index (χ1v) is 5.79. The zero-order chi connectivity index (χ0) is 14.4. The minimum absolute atomic E-state index is 0.206. The lowest BCUT2D eigenvalue weighted by Crippen LogP contribution is -1.99. The molecule has 0 amide bonds. The van der Waals surface area contributed by atoms with Crippen LogP contribution in [0, 0.1) is 23.7 Å². The molecule has 96 valence electrons. The van der Waals surface area contributed by atoms with E-state index >= 15 is 0 Å². The number of benzene rings is 1. The quantitative estimate of drug-likeness (QED) is 0.626. The third-order valence-electron chi connectivity index (χ3n) is 2.63. The third-order valence-corrected chi connectivity index (χ3v) is 2.63. The summed E-state index contributed by atoms with van der Waals surface area (Å²) in [5, 5.41) is 8.80. The molecule has 1 heterocycles. The van der Waals surface area contributed by atoms with E-state index in [2.05, 4.69) is 10.9 Å². The van der Waals surface area contributed by atoms with Crippen LogP contribution in [-0.2, 0) is 6.61 Å². The van der Waals surface area contributed by atoms with Crippen LogP contribution in [0.1, 0.15) is 27.0 Å². The van der Waals surface area contributed by atoms with Crippen molar-refractivity contribution >= 4 is 6.29 Å². The second-order valence-corrected chi connectivity index (χ2v) is 4.00. The number of carbonyl (C=O) groups is 1. The number of hydrogen-bond acceptors (Lipinski definition) is 4. The number of aldehydes is 1. The molecule has 1 aromatic carbocycles. The number of rotatable bonds is 4. The lowest BCUT2D eigenvalue weighted by Gasteiger charge is -2.09. The molecule has 0 fully saturated rings. The molecule has 0 spiro atoms. The van der Waals surface area contributed by atoms with Gasteiger partial charge in [0.2, 0.25) is 0 Å². The first-order chi connectivity index (χ1) is 9.76. The third kappa shape index (κ3) is 3.01. The van der Waals surface area contributed by atoms with Crippen LogP contribution in [0.2, 0.25) is 0 Å². The Morgan fingerprint density at radius 2 is 2.15 bits per heavy atom. The van der Waals surface area contributed by atoms with Crippen molar-refractivity contribution < 1.29 is 9.53 Å². The fourth-order valence-corrected chi connectivity index (χ4v) is 1.64. The molecule has 0 bridgehead atoms. The minimum Gasteiger partial charge on any atom is -0.488 e. The van der Waals surface area contributed by atoms with Gasteiger partial charge in [0.05, 0.1) is 11.1 Å². The molecule has 1 aromatic heterocycles. The number of hydrogen-bond donors (Lipinski definition) is 0. The molecule has 4 nitrogen and oxygen atoms in total. The lowest BCUT2D eigenvalue weighted by atomic mass is 10.1. The Labute approximate surface area is 116 Å². The Hall–Kier alpha value is -3.11. The Balaban J connectivity index is 2.20. The van der Waals surface area contributed by atoms with Crippen LogP contribution in [0.15, 0.2) is 36.7 Å². The normalized spacial score (nSPS) is 9.30. The molecule has 0 saturated heterocycles. The standard InChI is InChI=1S/C16H10N2O2/c1-2-12-3-4-15(10-19)16(6-12)20-11-14-5-13(7-17)8-18-9-14/h1,3-6,8-10H,11H2. The Kier molecular flexibility index (Phi) is 4.11. The number of terminal acetylenes is 1. The molecule has 4 heteroatoms. The highest BCUT2D eigenvalue weighted by molar-refractivity contribution is 5.79. The highest BCUT2D eigenvalue weighted by atomic mass is 16.5. The minimum atomic E-state index is 0.206.